The number of rotatable bonds is 51. The van der Waals surface area contributed by atoms with E-state index in [1.165, 1.54) is 0 Å². The summed E-state index contributed by atoms with van der Waals surface area (Å²) in [5.41, 5.74) is 34.9. The predicted octanol–water partition coefficient (Wildman–Crippen LogP) is 1.49. The molecule has 27 heteroatoms. The van der Waals surface area contributed by atoms with Crippen LogP contribution in [0.5, 0.6) is 0 Å². The molecule has 27 nitrogen and oxygen atoms in total. The van der Waals surface area contributed by atoms with Gasteiger partial charge in [0.05, 0.1) is 6.04 Å². The van der Waals surface area contributed by atoms with Crippen molar-refractivity contribution in [2.75, 3.05) is 26.2 Å². The predicted molar refractivity (Wildman–Crippen MR) is 364 cm³/mol. The fourth-order valence-electron chi connectivity index (χ4n) is 10.6. The number of nitrogens with two attached hydrogens (primary N) is 6. The van der Waals surface area contributed by atoms with Crippen LogP contribution < -0.4 is 87.6 Å². The minimum absolute atomic E-state index is 0.0280. The molecule has 0 aliphatic carbocycles. The molecular weight excluding hydrogens is 1190 g/mol. The van der Waals surface area contributed by atoms with Gasteiger partial charge in [-0.15, -0.1) is 0 Å². The van der Waals surface area contributed by atoms with E-state index in [4.69, 9.17) is 34.4 Å². The van der Waals surface area contributed by atoms with Crippen molar-refractivity contribution in [3.8, 4) is 0 Å². The first-order valence-corrected chi connectivity index (χ1v) is 34.5. The van der Waals surface area contributed by atoms with Crippen molar-refractivity contribution in [3.05, 3.63) is 0 Å². The van der Waals surface area contributed by atoms with Crippen LogP contribution in [0.2, 0.25) is 0 Å². The molecule has 0 heterocycles. The van der Waals surface area contributed by atoms with E-state index in [9.17, 15) is 52.7 Å². The van der Waals surface area contributed by atoms with E-state index >= 15 is 0 Å². The lowest BCUT2D eigenvalue weighted by Crippen LogP contribution is -2.61. The summed E-state index contributed by atoms with van der Waals surface area (Å²) in [4.78, 5) is 154. The van der Waals surface area contributed by atoms with E-state index in [-0.39, 0.29) is 112 Å². The van der Waals surface area contributed by atoms with Crippen LogP contribution in [0.4, 0.5) is 0 Å². The molecule has 0 radical (unpaired) electrons. The Labute approximate surface area is 556 Å². The highest BCUT2D eigenvalue weighted by Crippen LogP contribution is 2.17. The van der Waals surface area contributed by atoms with Crippen LogP contribution in [0.25, 0.3) is 0 Å². The lowest BCUT2D eigenvalue weighted by atomic mass is 9.98. The Morgan fingerprint density at radius 1 is 0.237 bits per heavy atom. The maximum atomic E-state index is 14.6. The van der Waals surface area contributed by atoms with E-state index in [0.29, 0.717) is 77.4 Å². The monoisotopic (exact) mass is 1320 g/mol. The standard InChI is InChI=1S/C66H128N16O11/c1-38(2)31-49(56(72)83)76-63(90)52(34-41(7)8)82-66(93)55(37-44(13)14)79-60(87)48(26-18-22-30-70)75-62(89)51(33-40(5)6)81-65(92)54(36-43(11)12)78-59(86)47(25-17-21-29-69)74-61(88)50(32-39(3)4)80-64(91)53(35-42(9)10)77-58(85)46(24-16-20-28-68)73-57(84)45(71)23-15-19-27-67/h38-55H,15-37,67-71H2,1-14H3,(H2,72,83)(H,73,84)(H,74,88)(H,75,89)(H,76,90)(H,77,85)(H,78,86)(H,79,87)(H,80,91)(H,81,92)(H,82,93)/t45-,46-,47-,48-,49-,50-,51-,52-,53-,54-,55-/m0/s1. The van der Waals surface area contributed by atoms with Crippen molar-refractivity contribution in [1.82, 2.24) is 53.2 Å². The first kappa shape index (κ1) is 87.0. The number of carbonyl (C=O) groups is 11. The van der Waals surface area contributed by atoms with E-state index in [0.717, 1.165) is 0 Å². The first-order valence-electron chi connectivity index (χ1n) is 34.5. The molecule has 0 saturated heterocycles. The van der Waals surface area contributed by atoms with Gasteiger partial charge in [-0.25, -0.2) is 0 Å². The van der Waals surface area contributed by atoms with Crippen LogP contribution in [0, 0.1) is 41.4 Å². The molecule has 0 aliphatic heterocycles. The summed E-state index contributed by atoms with van der Waals surface area (Å²) >= 11 is 0. The highest BCUT2D eigenvalue weighted by molar-refractivity contribution is 5.99. The van der Waals surface area contributed by atoms with Gasteiger partial charge in [-0.05, 0) is 183 Å². The molecule has 538 valence electrons. The van der Waals surface area contributed by atoms with Gasteiger partial charge in [-0.3, -0.25) is 52.7 Å². The minimum atomic E-state index is -1.23. The van der Waals surface area contributed by atoms with Gasteiger partial charge >= 0.3 is 0 Å². The Kier molecular flexibility index (Phi) is 44.7. The second-order valence-electron chi connectivity index (χ2n) is 28.2. The minimum Gasteiger partial charge on any atom is -0.368 e. The van der Waals surface area contributed by atoms with E-state index in [1.807, 2.05) is 96.9 Å². The summed E-state index contributed by atoms with van der Waals surface area (Å²) < 4.78 is 0. The molecule has 11 amide bonds. The third kappa shape index (κ3) is 38.2. The van der Waals surface area contributed by atoms with Crippen molar-refractivity contribution in [2.24, 2.45) is 75.8 Å². The summed E-state index contributed by atoms with van der Waals surface area (Å²) in [6, 6.07) is -12.3. The summed E-state index contributed by atoms with van der Waals surface area (Å²) in [6.45, 7) is 27.5. The fourth-order valence-corrected chi connectivity index (χ4v) is 10.6. The second-order valence-corrected chi connectivity index (χ2v) is 28.2. The van der Waals surface area contributed by atoms with Gasteiger partial charge in [0.2, 0.25) is 65.0 Å². The van der Waals surface area contributed by atoms with E-state index < -0.39 is 131 Å². The summed E-state index contributed by atoms with van der Waals surface area (Å²) in [5, 5.41) is 28.1. The molecule has 0 aromatic carbocycles. The molecule has 0 fully saturated rings. The molecule has 0 bridgehead atoms. The zero-order chi connectivity index (χ0) is 71.1. The van der Waals surface area contributed by atoms with Crippen LogP contribution in [0.1, 0.15) is 219 Å². The number of amides is 11. The van der Waals surface area contributed by atoms with Crippen LogP contribution in [0.3, 0.4) is 0 Å². The van der Waals surface area contributed by atoms with Gasteiger partial charge in [-0.1, -0.05) is 103 Å². The highest BCUT2D eigenvalue weighted by Gasteiger charge is 2.37. The molecular formula is C66H128N16O11. The fraction of sp³-hybridized carbons (Fsp3) is 0.833. The Balaban J connectivity index is 7.03. The Morgan fingerprint density at radius 2 is 0.398 bits per heavy atom. The average molecular weight is 1320 g/mol. The number of nitrogens with one attached hydrogen (secondary N) is 10. The maximum Gasteiger partial charge on any atom is 0.243 e. The van der Waals surface area contributed by atoms with Gasteiger partial charge in [0.1, 0.15) is 60.4 Å². The Hall–Kier alpha value is -6.03. The van der Waals surface area contributed by atoms with Crippen molar-refractivity contribution in [2.45, 2.75) is 285 Å². The van der Waals surface area contributed by atoms with Gasteiger partial charge in [0.15, 0.2) is 0 Å². The zero-order valence-electron chi connectivity index (χ0n) is 59.1. The molecule has 22 N–H and O–H groups in total. The Morgan fingerprint density at radius 3 is 0.591 bits per heavy atom. The third-order valence-electron chi connectivity index (χ3n) is 15.5. The normalized spacial score (nSPS) is 15.2. The van der Waals surface area contributed by atoms with Crippen molar-refractivity contribution in [1.29, 1.82) is 0 Å². The first-order chi connectivity index (χ1) is 43.6. The van der Waals surface area contributed by atoms with Crippen molar-refractivity contribution in [3.63, 3.8) is 0 Å². The van der Waals surface area contributed by atoms with E-state index in [2.05, 4.69) is 53.2 Å². The van der Waals surface area contributed by atoms with Crippen molar-refractivity contribution >= 4 is 65.0 Å². The third-order valence-corrected chi connectivity index (χ3v) is 15.5. The van der Waals surface area contributed by atoms with Crippen LogP contribution in [-0.2, 0) is 52.7 Å². The summed E-state index contributed by atoms with van der Waals surface area (Å²) in [6.07, 6.45) is 6.18. The number of primary amides is 1. The topological polar surface area (TPSA) is 464 Å². The maximum absolute atomic E-state index is 14.6. The van der Waals surface area contributed by atoms with Crippen molar-refractivity contribution < 1.29 is 52.7 Å². The molecule has 0 saturated carbocycles. The molecule has 0 spiro atoms. The lowest BCUT2D eigenvalue weighted by Gasteiger charge is -2.30. The largest absolute Gasteiger partial charge is 0.368 e. The van der Waals surface area contributed by atoms with Crippen LogP contribution >= 0.6 is 0 Å². The highest BCUT2D eigenvalue weighted by atomic mass is 16.2. The molecule has 0 aliphatic rings. The van der Waals surface area contributed by atoms with Crippen LogP contribution in [0.15, 0.2) is 0 Å². The summed E-state index contributed by atoms with van der Waals surface area (Å²) in [7, 11) is 0. The number of hydrogen-bond acceptors (Lipinski definition) is 16. The average Bonchev–Trinajstić information content (AvgIpc) is 1.72. The molecule has 93 heavy (non-hydrogen) atoms. The zero-order valence-corrected chi connectivity index (χ0v) is 59.1. The Bertz CT molecular complexity index is 2270. The molecule has 0 rings (SSSR count). The number of hydrogen-bond donors (Lipinski definition) is 16. The summed E-state index contributed by atoms with van der Waals surface area (Å²) in [5.74, 6) is -7.99. The number of unbranched alkanes of at least 4 members (excludes halogenated alkanes) is 4. The second kappa shape index (κ2) is 47.8. The lowest BCUT2D eigenvalue weighted by molar-refractivity contribution is -0.136. The van der Waals surface area contributed by atoms with Crippen LogP contribution in [-0.4, -0.2) is 158 Å². The molecule has 11 atom stereocenters. The van der Waals surface area contributed by atoms with Gasteiger partial charge in [-0.2, -0.15) is 0 Å². The SMILES string of the molecule is CC(C)C[C@H](NC(=O)[C@H](CC(C)C)NC(=O)[C@H](CC(C)C)NC(=O)[C@H](CCCCN)NC(=O)[C@H](CC(C)C)NC(=O)[C@H](CC(C)C)NC(=O)[C@H](CCCCN)NC(=O)[C@H](CC(C)C)NC(=O)[C@H](CC(C)C)NC(=O)[C@H](CCCCN)NC(=O)[C@@H](N)CCCCN)C(N)=O. The quantitative estimate of drug-likeness (QED) is 0.0384. The van der Waals surface area contributed by atoms with Gasteiger partial charge < -0.3 is 87.6 Å². The van der Waals surface area contributed by atoms with Gasteiger partial charge in [0, 0.05) is 0 Å². The van der Waals surface area contributed by atoms with E-state index in [1.54, 1.807) is 0 Å². The molecule has 0 aromatic heterocycles. The molecule has 0 unspecified atom stereocenters. The van der Waals surface area contributed by atoms with Gasteiger partial charge in [0.25, 0.3) is 0 Å². The number of carbonyl (C=O) groups excluding carboxylic acids is 11. The molecule has 0 aromatic rings. The smallest absolute Gasteiger partial charge is 0.243 e.